The maximum atomic E-state index is 14.6. The van der Waals surface area contributed by atoms with Crippen molar-refractivity contribution in [2.24, 2.45) is 0 Å². The summed E-state index contributed by atoms with van der Waals surface area (Å²) in [6, 6.07) is 12.1. The standard InChI is InChI=1S/C20H16BrF2N/c1-12-9-16(14-7-5-4-6-8-14)20(24(3)13(12)2)19-17(22)10-15(21)11-18(19)23/h4-11H,2H2,1,3H3. The first kappa shape index (κ1) is 16.7. The average molecular weight is 388 g/mol. The molecule has 24 heavy (non-hydrogen) atoms. The van der Waals surface area contributed by atoms with Gasteiger partial charge >= 0.3 is 0 Å². The highest BCUT2D eigenvalue weighted by Gasteiger charge is 2.26. The molecule has 3 rings (SSSR count). The van der Waals surface area contributed by atoms with Crippen molar-refractivity contribution < 1.29 is 8.78 Å². The van der Waals surface area contributed by atoms with Gasteiger partial charge in [0.15, 0.2) is 0 Å². The van der Waals surface area contributed by atoms with Crippen molar-refractivity contribution in [2.45, 2.75) is 6.92 Å². The summed E-state index contributed by atoms with van der Waals surface area (Å²) in [4.78, 5) is 1.74. The zero-order valence-corrected chi connectivity index (χ0v) is 15.0. The van der Waals surface area contributed by atoms with Gasteiger partial charge in [-0.15, -0.1) is 0 Å². The molecule has 4 heteroatoms. The topological polar surface area (TPSA) is 3.24 Å². The lowest BCUT2D eigenvalue weighted by atomic mass is 9.92. The van der Waals surface area contributed by atoms with Crippen LogP contribution in [0.15, 0.2) is 70.9 Å². The van der Waals surface area contributed by atoms with Crippen LogP contribution in [0, 0.1) is 11.6 Å². The van der Waals surface area contributed by atoms with Crippen LogP contribution >= 0.6 is 15.9 Å². The van der Waals surface area contributed by atoms with E-state index in [1.165, 1.54) is 12.1 Å². The summed E-state index contributed by atoms with van der Waals surface area (Å²) in [5.41, 5.74) is 3.75. The minimum absolute atomic E-state index is 0.0514. The lowest BCUT2D eigenvalue weighted by molar-refractivity contribution is 0.547. The van der Waals surface area contributed by atoms with Crippen LogP contribution in [0.4, 0.5) is 8.78 Å². The largest absolute Gasteiger partial charge is 0.344 e. The summed E-state index contributed by atoms with van der Waals surface area (Å²) < 4.78 is 29.6. The molecule has 1 heterocycles. The third-order valence-corrected chi connectivity index (χ3v) is 4.60. The highest BCUT2D eigenvalue weighted by atomic mass is 79.9. The second kappa shape index (κ2) is 6.36. The van der Waals surface area contributed by atoms with Crippen molar-refractivity contribution in [1.82, 2.24) is 4.90 Å². The SMILES string of the molecule is C=C1C(C)=CC(c2ccccc2)=C(c2c(F)cc(Br)cc2F)N1C. The van der Waals surface area contributed by atoms with Gasteiger partial charge in [-0.1, -0.05) is 52.8 Å². The van der Waals surface area contributed by atoms with E-state index in [9.17, 15) is 8.78 Å². The van der Waals surface area contributed by atoms with E-state index in [4.69, 9.17) is 0 Å². The Morgan fingerprint density at radius 3 is 2.21 bits per heavy atom. The normalized spacial score (nSPS) is 15.0. The van der Waals surface area contributed by atoms with E-state index < -0.39 is 11.6 Å². The molecule has 0 aliphatic carbocycles. The summed E-state index contributed by atoms with van der Waals surface area (Å²) in [7, 11) is 1.78. The second-order valence-corrected chi connectivity index (χ2v) is 6.62. The number of halogens is 3. The van der Waals surface area contributed by atoms with Gasteiger partial charge in [-0.25, -0.2) is 8.78 Å². The van der Waals surface area contributed by atoms with Gasteiger partial charge in [-0.2, -0.15) is 0 Å². The highest BCUT2D eigenvalue weighted by Crippen LogP contribution is 2.40. The van der Waals surface area contributed by atoms with Gasteiger partial charge in [0.1, 0.15) is 11.6 Å². The van der Waals surface area contributed by atoms with Gasteiger partial charge < -0.3 is 4.90 Å². The molecule has 0 spiro atoms. The van der Waals surface area contributed by atoms with E-state index in [-0.39, 0.29) is 5.56 Å². The van der Waals surface area contributed by atoms with Gasteiger partial charge in [-0.3, -0.25) is 0 Å². The van der Waals surface area contributed by atoms with Crippen LogP contribution in [-0.4, -0.2) is 11.9 Å². The molecular formula is C20H16BrF2N. The highest BCUT2D eigenvalue weighted by molar-refractivity contribution is 9.10. The lowest BCUT2D eigenvalue weighted by Crippen LogP contribution is -2.22. The van der Waals surface area contributed by atoms with E-state index in [1.54, 1.807) is 11.9 Å². The number of hydrogen-bond acceptors (Lipinski definition) is 1. The van der Waals surface area contributed by atoms with E-state index in [0.717, 1.165) is 16.7 Å². The molecular weight excluding hydrogens is 372 g/mol. The van der Waals surface area contributed by atoms with E-state index in [1.807, 2.05) is 43.3 Å². The van der Waals surface area contributed by atoms with Crippen molar-refractivity contribution in [2.75, 3.05) is 7.05 Å². The van der Waals surface area contributed by atoms with E-state index in [0.29, 0.717) is 15.9 Å². The Hall–Kier alpha value is -2.20. The molecule has 122 valence electrons. The second-order valence-electron chi connectivity index (χ2n) is 5.71. The number of nitrogens with zero attached hydrogens (tertiary/aromatic N) is 1. The van der Waals surface area contributed by atoms with Crippen molar-refractivity contribution in [3.8, 4) is 0 Å². The van der Waals surface area contributed by atoms with Gasteiger partial charge in [0, 0.05) is 22.8 Å². The fraction of sp³-hybridized carbons (Fsp3) is 0.100. The molecule has 1 aliphatic heterocycles. The molecule has 0 fully saturated rings. The molecule has 0 saturated heterocycles. The first-order valence-corrected chi connectivity index (χ1v) is 8.25. The zero-order chi connectivity index (χ0) is 17.4. The molecule has 0 aromatic heterocycles. The molecule has 2 aromatic carbocycles. The molecule has 0 saturated carbocycles. The summed E-state index contributed by atoms with van der Waals surface area (Å²) in [5, 5.41) is 0. The van der Waals surface area contributed by atoms with Gasteiger partial charge in [0.25, 0.3) is 0 Å². The first-order valence-electron chi connectivity index (χ1n) is 7.46. The maximum absolute atomic E-state index is 14.6. The third-order valence-electron chi connectivity index (χ3n) is 4.14. The molecule has 0 bridgehead atoms. The third kappa shape index (κ3) is 2.82. The molecule has 0 atom stereocenters. The fourth-order valence-electron chi connectivity index (χ4n) is 2.86. The molecule has 0 unspecified atom stereocenters. The fourth-order valence-corrected chi connectivity index (χ4v) is 3.26. The molecule has 0 N–H and O–H groups in total. The van der Waals surface area contributed by atoms with Gasteiger partial charge in [0.2, 0.25) is 0 Å². The minimum atomic E-state index is -0.613. The Kier molecular flexibility index (Phi) is 4.41. The summed E-state index contributed by atoms with van der Waals surface area (Å²) in [5.74, 6) is -1.23. The van der Waals surface area contributed by atoms with E-state index >= 15 is 0 Å². The Labute approximate surface area is 148 Å². The maximum Gasteiger partial charge on any atom is 0.136 e. The van der Waals surface area contributed by atoms with Crippen LogP contribution in [0.1, 0.15) is 18.1 Å². The quantitative estimate of drug-likeness (QED) is 0.610. The number of hydrogen-bond donors (Lipinski definition) is 0. The van der Waals surface area contributed by atoms with Crippen molar-refractivity contribution >= 4 is 27.2 Å². The molecule has 2 aromatic rings. The smallest absolute Gasteiger partial charge is 0.136 e. The Morgan fingerprint density at radius 2 is 1.62 bits per heavy atom. The predicted molar refractivity (Wildman–Crippen MR) is 98.0 cm³/mol. The van der Waals surface area contributed by atoms with Crippen molar-refractivity contribution in [3.05, 3.63) is 93.6 Å². The lowest BCUT2D eigenvalue weighted by Gasteiger charge is -2.32. The number of benzene rings is 2. The molecule has 1 nitrogen and oxygen atoms in total. The average Bonchev–Trinajstić information content (AvgIpc) is 2.54. The minimum Gasteiger partial charge on any atom is -0.344 e. The number of likely N-dealkylation sites (N-methyl/N-ethyl adjacent to an activating group) is 1. The Balaban J connectivity index is 2.36. The van der Waals surface area contributed by atoms with E-state index in [2.05, 4.69) is 22.5 Å². The predicted octanol–water partition coefficient (Wildman–Crippen LogP) is 6.00. The van der Waals surface area contributed by atoms with Crippen LogP contribution in [0.3, 0.4) is 0 Å². The van der Waals surface area contributed by atoms with Gasteiger partial charge in [0.05, 0.1) is 11.3 Å². The molecule has 1 aliphatic rings. The Morgan fingerprint density at radius 1 is 1.04 bits per heavy atom. The first-order chi connectivity index (χ1) is 11.4. The number of allylic oxidation sites excluding steroid dienone is 3. The molecule has 0 radical (unpaired) electrons. The number of rotatable bonds is 2. The summed E-state index contributed by atoms with van der Waals surface area (Å²) >= 11 is 3.13. The van der Waals surface area contributed by atoms with Crippen LogP contribution in [-0.2, 0) is 0 Å². The summed E-state index contributed by atoms with van der Waals surface area (Å²) in [6.45, 7) is 5.96. The van der Waals surface area contributed by atoms with Crippen LogP contribution in [0.5, 0.6) is 0 Å². The van der Waals surface area contributed by atoms with Gasteiger partial charge in [-0.05, 0) is 36.3 Å². The van der Waals surface area contributed by atoms with Crippen LogP contribution in [0.2, 0.25) is 0 Å². The Bertz CT molecular complexity index is 859. The van der Waals surface area contributed by atoms with Crippen LogP contribution < -0.4 is 0 Å². The van der Waals surface area contributed by atoms with Crippen LogP contribution in [0.25, 0.3) is 11.3 Å². The van der Waals surface area contributed by atoms with Crippen molar-refractivity contribution in [1.29, 1.82) is 0 Å². The molecule has 0 amide bonds. The van der Waals surface area contributed by atoms with Crippen molar-refractivity contribution in [3.63, 3.8) is 0 Å². The monoisotopic (exact) mass is 387 g/mol. The zero-order valence-electron chi connectivity index (χ0n) is 13.4. The summed E-state index contributed by atoms with van der Waals surface area (Å²) in [6.07, 6.45) is 1.92.